The van der Waals surface area contributed by atoms with E-state index in [0.717, 1.165) is 27.2 Å². The summed E-state index contributed by atoms with van der Waals surface area (Å²) in [5, 5.41) is 12.0. The summed E-state index contributed by atoms with van der Waals surface area (Å²) < 4.78 is 0. The normalized spacial score (nSPS) is 10.7. The van der Waals surface area contributed by atoms with Crippen LogP contribution < -0.4 is 10.2 Å². The van der Waals surface area contributed by atoms with E-state index in [2.05, 4.69) is 10.3 Å². The molecule has 0 fully saturated rings. The van der Waals surface area contributed by atoms with Crippen LogP contribution in [0.4, 0.5) is 11.4 Å². The fourth-order valence-electron chi connectivity index (χ4n) is 2.72. The van der Waals surface area contributed by atoms with Crippen molar-refractivity contribution in [2.24, 2.45) is 0 Å². The maximum absolute atomic E-state index is 12.8. The molecular weight excluding hydrogens is 332 g/mol. The van der Waals surface area contributed by atoms with Gasteiger partial charge in [0.05, 0.1) is 0 Å². The molecule has 6 heteroatoms. The van der Waals surface area contributed by atoms with Gasteiger partial charge in [0.25, 0.3) is 5.91 Å². The summed E-state index contributed by atoms with van der Waals surface area (Å²) in [4.78, 5) is 20.5. The predicted molar refractivity (Wildman–Crippen MR) is 106 cm³/mol. The zero-order valence-electron chi connectivity index (χ0n) is 14.7. The molecule has 0 saturated carbocycles. The van der Waals surface area contributed by atoms with Crippen LogP contribution in [0.1, 0.15) is 27.7 Å². The second-order valence-corrected chi connectivity index (χ2v) is 7.16. The average molecular weight is 352 g/mol. The minimum Gasteiger partial charge on any atom is -0.377 e. The fraction of sp³-hybridized carbons (Fsp3) is 0.211. The van der Waals surface area contributed by atoms with Crippen LogP contribution in [0.15, 0.2) is 36.5 Å². The van der Waals surface area contributed by atoms with E-state index in [0.29, 0.717) is 16.2 Å². The average Bonchev–Trinajstić information content (AvgIpc) is 2.96. The Balaban J connectivity index is 2.10. The Morgan fingerprint density at radius 3 is 2.48 bits per heavy atom. The van der Waals surface area contributed by atoms with Gasteiger partial charge in [-0.05, 0) is 32.0 Å². The molecule has 25 heavy (non-hydrogen) atoms. The van der Waals surface area contributed by atoms with Crippen LogP contribution in [0.2, 0.25) is 0 Å². The monoisotopic (exact) mass is 352 g/mol. The van der Waals surface area contributed by atoms with Crippen molar-refractivity contribution in [2.45, 2.75) is 13.8 Å². The molecule has 1 amide bonds. The van der Waals surface area contributed by atoms with Crippen LogP contribution in [0.25, 0.3) is 10.2 Å². The molecule has 0 aliphatic carbocycles. The van der Waals surface area contributed by atoms with Gasteiger partial charge in [0.1, 0.15) is 9.71 Å². The lowest BCUT2D eigenvalue weighted by Crippen LogP contribution is -2.14. The summed E-state index contributed by atoms with van der Waals surface area (Å²) in [6.45, 7) is 3.71. The summed E-state index contributed by atoms with van der Waals surface area (Å²) in [7, 11) is 3.89. The van der Waals surface area contributed by atoms with Gasteiger partial charge in [-0.15, -0.1) is 11.3 Å². The summed E-state index contributed by atoms with van der Waals surface area (Å²) >= 11 is 1.32. The first-order valence-electron chi connectivity index (χ1n) is 7.91. The Hall–Kier alpha value is -2.73. The van der Waals surface area contributed by atoms with Crippen molar-refractivity contribution in [1.82, 2.24) is 4.98 Å². The van der Waals surface area contributed by atoms with E-state index in [1.165, 1.54) is 11.3 Å². The van der Waals surface area contributed by atoms with Crippen LogP contribution in [-0.4, -0.2) is 30.7 Å². The number of fused-ring (bicyclic) bond motifs is 1. The number of aryl methyl sites for hydroxylation is 1. The summed E-state index contributed by atoms with van der Waals surface area (Å²) in [5.74, 6) is -0.210. The molecule has 0 saturated heterocycles. The molecule has 5 nitrogen and oxygen atoms in total. The number of rotatable bonds is 4. The van der Waals surface area contributed by atoms with E-state index in [1.54, 1.807) is 13.1 Å². The number of carbonyl (C=O) groups excluding carboxylic acids is 1. The van der Waals surface area contributed by atoms with E-state index in [1.807, 2.05) is 56.3 Å². The smallest absolute Gasteiger partial charge is 0.266 e. The number of carbonyl (C=O) groups is 1. The summed E-state index contributed by atoms with van der Waals surface area (Å²) in [6, 6.07) is 9.56. The second-order valence-electron chi connectivity index (χ2n) is 6.16. The molecule has 0 spiro atoms. The number of benzene rings is 1. The number of nitrogens with zero attached hydrogens (tertiary/aromatic N) is 2. The van der Waals surface area contributed by atoms with Crippen LogP contribution in [-0.2, 0) is 0 Å². The van der Waals surface area contributed by atoms with Crippen molar-refractivity contribution in [1.29, 1.82) is 5.41 Å². The molecule has 0 aliphatic heterocycles. The summed E-state index contributed by atoms with van der Waals surface area (Å²) in [6.07, 6.45) is 1.74. The first-order chi connectivity index (χ1) is 11.9. The van der Waals surface area contributed by atoms with Gasteiger partial charge in [-0.2, -0.15) is 0 Å². The first-order valence-corrected chi connectivity index (χ1v) is 8.72. The minimum atomic E-state index is -0.210. The molecule has 3 rings (SSSR count). The number of anilines is 2. The SMILES string of the molecule is CC(=N)c1c(C(=O)Nc2ccc(C)cc2)sc2nccc(N(C)C)c12. The first kappa shape index (κ1) is 17.1. The van der Waals surface area contributed by atoms with Gasteiger partial charge < -0.3 is 15.6 Å². The molecule has 0 radical (unpaired) electrons. The lowest BCUT2D eigenvalue weighted by atomic mass is 10.1. The molecule has 1 aromatic carbocycles. The Morgan fingerprint density at radius 2 is 1.88 bits per heavy atom. The quantitative estimate of drug-likeness (QED) is 0.688. The number of nitrogens with one attached hydrogen (secondary N) is 2. The van der Waals surface area contributed by atoms with Crippen LogP contribution in [0.5, 0.6) is 0 Å². The highest BCUT2D eigenvalue weighted by atomic mass is 32.1. The van der Waals surface area contributed by atoms with E-state index in [-0.39, 0.29) is 5.91 Å². The number of hydrogen-bond acceptors (Lipinski definition) is 5. The lowest BCUT2D eigenvalue weighted by Gasteiger charge is -2.14. The zero-order valence-corrected chi connectivity index (χ0v) is 15.5. The van der Waals surface area contributed by atoms with E-state index >= 15 is 0 Å². The van der Waals surface area contributed by atoms with Crippen molar-refractivity contribution in [2.75, 3.05) is 24.3 Å². The van der Waals surface area contributed by atoms with Crippen LogP contribution >= 0.6 is 11.3 Å². The third-order valence-corrected chi connectivity index (χ3v) is 5.04. The van der Waals surface area contributed by atoms with E-state index in [9.17, 15) is 4.79 Å². The second kappa shape index (κ2) is 6.64. The number of pyridine rings is 1. The molecule has 2 N–H and O–H groups in total. The number of thiophene rings is 1. The van der Waals surface area contributed by atoms with Gasteiger partial charge in [-0.1, -0.05) is 17.7 Å². The highest BCUT2D eigenvalue weighted by Gasteiger charge is 2.23. The fourth-order valence-corrected chi connectivity index (χ4v) is 3.84. The van der Waals surface area contributed by atoms with Gasteiger partial charge in [0, 0.05) is 48.3 Å². The van der Waals surface area contributed by atoms with Crippen LogP contribution in [0.3, 0.4) is 0 Å². The van der Waals surface area contributed by atoms with Crippen LogP contribution in [0, 0.1) is 12.3 Å². The standard InChI is InChI=1S/C19H20N4OS/c1-11-5-7-13(8-6-11)22-18(24)17-15(12(2)20)16-14(23(3)4)9-10-21-19(16)25-17/h5-10,20H,1-4H3,(H,22,24). The molecule has 0 atom stereocenters. The molecule has 128 valence electrons. The molecule has 0 bridgehead atoms. The van der Waals surface area contributed by atoms with Gasteiger partial charge in [-0.25, -0.2) is 4.98 Å². The minimum absolute atomic E-state index is 0.210. The molecule has 2 aromatic heterocycles. The maximum atomic E-state index is 12.8. The van der Waals surface area contributed by atoms with Gasteiger partial charge >= 0.3 is 0 Å². The Morgan fingerprint density at radius 1 is 1.20 bits per heavy atom. The number of aromatic nitrogens is 1. The predicted octanol–water partition coefficient (Wildman–Crippen LogP) is 4.31. The Labute approximate surface area is 150 Å². The maximum Gasteiger partial charge on any atom is 0.266 e. The van der Waals surface area contributed by atoms with Crippen molar-refractivity contribution in [3.63, 3.8) is 0 Å². The van der Waals surface area contributed by atoms with Crippen molar-refractivity contribution < 1.29 is 4.79 Å². The number of hydrogen-bond donors (Lipinski definition) is 2. The van der Waals surface area contributed by atoms with E-state index < -0.39 is 0 Å². The number of amides is 1. The largest absolute Gasteiger partial charge is 0.377 e. The van der Waals surface area contributed by atoms with Gasteiger partial charge in [-0.3, -0.25) is 4.79 Å². The third-order valence-electron chi connectivity index (χ3n) is 3.94. The zero-order chi connectivity index (χ0) is 18.1. The molecule has 0 unspecified atom stereocenters. The van der Waals surface area contributed by atoms with Crippen molar-refractivity contribution in [3.05, 3.63) is 52.5 Å². The topological polar surface area (TPSA) is 69.1 Å². The van der Waals surface area contributed by atoms with Gasteiger partial charge in [0.2, 0.25) is 0 Å². The molecule has 2 heterocycles. The molecule has 0 aliphatic rings. The highest BCUT2D eigenvalue weighted by Crippen LogP contribution is 2.36. The summed E-state index contributed by atoms with van der Waals surface area (Å²) in [5.41, 5.74) is 3.84. The Kier molecular flexibility index (Phi) is 4.55. The Bertz CT molecular complexity index is 957. The third kappa shape index (κ3) is 3.25. The van der Waals surface area contributed by atoms with Crippen molar-refractivity contribution in [3.8, 4) is 0 Å². The molecule has 3 aromatic rings. The van der Waals surface area contributed by atoms with Crippen molar-refractivity contribution >= 4 is 44.5 Å². The van der Waals surface area contributed by atoms with Gasteiger partial charge in [0.15, 0.2) is 0 Å². The molecular formula is C19H20N4OS. The lowest BCUT2D eigenvalue weighted by molar-refractivity contribution is 0.103. The van der Waals surface area contributed by atoms with E-state index in [4.69, 9.17) is 5.41 Å². The highest BCUT2D eigenvalue weighted by molar-refractivity contribution is 7.21.